The highest BCUT2D eigenvalue weighted by molar-refractivity contribution is 7.13. The number of aryl methyl sites for hydroxylation is 1. The van der Waals surface area contributed by atoms with Crippen molar-refractivity contribution >= 4 is 22.4 Å². The smallest absolute Gasteiger partial charge is 0.155 e. The lowest BCUT2D eigenvalue weighted by Crippen LogP contribution is -1.97. The third kappa shape index (κ3) is 1.86. The summed E-state index contributed by atoms with van der Waals surface area (Å²) in [5.74, 6) is 1.73. The van der Waals surface area contributed by atoms with Gasteiger partial charge in [0.1, 0.15) is 10.6 Å². The number of methoxy groups -OCH3 is 1. The molecule has 3 rings (SSSR count). The summed E-state index contributed by atoms with van der Waals surface area (Å²) in [5, 5.41) is 11.0. The van der Waals surface area contributed by atoms with Gasteiger partial charge in [-0.1, -0.05) is 0 Å². The standard InChI is InChI=1S/C15H13N3OS/c1-3-18-12-5-4-10(9-16)8-11(12)17-15(18)14-13(19-2)6-7-20-14/h4-8H,3H2,1-2H3. The first-order chi connectivity index (χ1) is 9.78. The molecule has 4 nitrogen and oxygen atoms in total. The van der Waals surface area contributed by atoms with Crippen molar-refractivity contribution in [2.24, 2.45) is 0 Å². The number of nitrogens with zero attached hydrogens (tertiary/aromatic N) is 3. The van der Waals surface area contributed by atoms with Crippen molar-refractivity contribution in [1.29, 1.82) is 5.26 Å². The Morgan fingerprint density at radius 1 is 1.40 bits per heavy atom. The predicted molar refractivity (Wildman–Crippen MR) is 80.0 cm³/mol. The van der Waals surface area contributed by atoms with Gasteiger partial charge in [0.2, 0.25) is 0 Å². The zero-order valence-corrected chi connectivity index (χ0v) is 12.1. The van der Waals surface area contributed by atoms with Gasteiger partial charge in [0, 0.05) is 6.54 Å². The van der Waals surface area contributed by atoms with Crippen molar-refractivity contribution < 1.29 is 4.74 Å². The maximum Gasteiger partial charge on any atom is 0.155 e. The third-order valence-electron chi connectivity index (χ3n) is 3.25. The molecule has 0 unspecified atom stereocenters. The first kappa shape index (κ1) is 12.7. The molecule has 0 amide bonds. The number of hydrogen-bond acceptors (Lipinski definition) is 4. The van der Waals surface area contributed by atoms with E-state index in [1.165, 1.54) is 0 Å². The fourth-order valence-electron chi connectivity index (χ4n) is 2.31. The SMILES string of the molecule is CCn1c(-c2sccc2OC)nc2cc(C#N)ccc21. The summed E-state index contributed by atoms with van der Waals surface area (Å²) < 4.78 is 7.53. The molecule has 0 spiro atoms. The molecule has 5 heteroatoms. The number of fused-ring (bicyclic) bond motifs is 1. The number of ether oxygens (including phenoxy) is 1. The number of thiophene rings is 1. The van der Waals surface area contributed by atoms with Crippen molar-refractivity contribution in [2.75, 3.05) is 7.11 Å². The van der Waals surface area contributed by atoms with E-state index in [1.807, 2.05) is 29.6 Å². The average molecular weight is 283 g/mol. The Hall–Kier alpha value is -2.32. The maximum atomic E-state index is 8.99. The predicted octanol–water partition coefficient (Wildman–Crippen LogP) is 3.66. The summed E-state index contributed by atoms with van der Waals surface area (Å²) in [4.78, 5) is 5.70. The maximum absolute atomic E-state index is 8.99. The van der Waals surface area contributed by atoms with Crippen LogP contribution in [-0.2, 0) is 6.54 Å². The van der Waals surface area contributed by atoms with Gasteiger partial charge in [0.15, 0.2) is 5.82 Å². The molecule has 2 heterocycles. The number of imidazole rings is 1. The van der Waals surface area contributed by atoms with E-state index >= 15 is 0 Å². The van der Waals surface area contributed by atoms with Gasteiger partial charge in [-0.25, -0.2) is 4.98 Å². The first-order valence-electron chi connectivity index (χ1n) is 6.30. The molecule has 0 aliphatic rings. The molecule has 0 aliphatic heterocycles. The Labute approximate surface area is 120 Å². The van der Waals surface area contributed by atoms with E-state index < -0.39 is 0 Å². The third-order valence-corrected chi connectivity index (χ3v) is 4.14. The summed E-state index contributed by atoms with van der Waals surface area (Å²) in [6.07, 6.45) is 0. The number of aromatic nitrogens is 2. The monoisotopic (exact) mass is 283 g/mol. The molecule has 0 fully saturated rings. The van der Waals surface area contributed by atoms with E-state index in [1.54, 1.807) is 18.4 Å². The fraction of sp³-hybridized carbons (Fsp3) is 0.200. The molecule has 0 aliphatic carbocycles. The van der Waals surface area contributed by atoms with Gasteiger partial charge in [0.05, 0.1) is 29.8 Å². The molecule has 0 bridgehead atoms. The molecule has 100 valence electrons. The van der Waals surface area contributed by atoms with Crippen LogP contribution in [0.3, 0.4) is 0 Å². The zero-order chi connectivity index (χ0) is 14.1. The van der Waals surface area contributed by atoms with Gasteiger partial charge in [-0.15, -0.1) is 11.3 Å². The second-order valence-corrected chi connectivity index (χ2v) is 5.23. The minimum atomic E-state index is 0.628. The van der Waals surface area contributed by atoms with E-state index in [9.17, 15) is 0 Å². The van der Waals surface area contributed by atoms with Crippen LogP contribution in [0, 0.1) is 11.3 Å². The molecule has 0 saturated heterocycles. The van der Waals surface area contributed by atoms with Crippen LogP contribution in [0.1, 0.15) is 12.5 Å². The van der Waals surface area contributed by atoms with Crippen LogP contribution in [0.5, 0.6) is 5.75 Å². The fourth-order valence-corrected chi connectivity index (χ4v) is 3.17. The van der Waals surface area contributed by atoms with Crippen LogP contribution in [0.25, 0.3) is 21.7 Å². The van der Waals surface area contributed by atoms with E-state index in [2.05, 4.69) is 22.5 Å². The second-order valence-electron chi connectivity index (χ2n) is 4.31. The Bertz CT molecular complexity index is 810. The lowest BCUT2D eigenvalue weighted by molar-refractivity contribution is 0.417. The van der Waals surface area contributed by atoms with Crippen LogP contribution >= 0.6 is 11.3 Å². The highest BCUT2D eigenvalue weighted by Crippen LogP contribution is 2.36. The van der Waals surface area contributed by atoms with E-state index in [0.717, 1.165) is 34.0 Å². The van der Waals surface area contributed by atoms with Gasteiger partial charge in [-0.2, -0.15) is 5.26 Å². The molecular weight excluding hydrogens is 270 g/mol. The first-order valence-corrected chi connectivity index (χ1v) is 7.18. The number of hydrogen-bond donors (Lipinski definition) is 0. The quantitative estimate of drug-likeness (QED) is 0.737. The zero-order valence-electron chi connectivity index (χ0n) is 11.3. The molecule has 0 N–H and O–H groups in total. The lowest BCUT2D eigenvalue weighted by Gasteiger charge is -2.06. The molecular formula is C15H13N3OS. The van der Waals surface area contributed by atoms with Crippen LogP contribution in [-0.4, -0.2) is 16.7 Å². The minimum absolute atomic E-state index is 0.628. The average Bonchev–Trinajstić information content (AvgIpc) is 3.09. The normalized spacial score (nSPS) is 10.7. The summed E-state index contributed by atoms with van der Waals surface area (Å²) in [6, 6.07) is 9.70. The van der Waals surface area contributed by atoms with Gasteiger partial charge in [-0.05, 0) is 36.6 Å². The van der Waals surface area contributed by atoms with Crippen molar-refractivity contribution in [3.63, 3.8) is 0 Å². The van der Waals surface area contributed by atoms with Gasteiger partial charge >= 0.3 is 0 Å². The largest absolute Gasteiger partial charge is 0.495 e. The Balaban J connectivity index is 2.28. The van der Waals surface area contributed by atoms with Gasteiger partial charge in [-0.3, -0.25) is 0 Å². The van der Waals surface area contributed by atoms with Crippen LogP contribution in [0.2, 0.25) is 0 Å². The Morgan fingerprint density at radius 3 is 2.95 bits per heavy atom. The molecule has 0 radical (unpaired) electrons. The summed E-state index contributed by atoms with van der Waals surface area (Å²) in [5.41, 5.74) is 2.51. The van der Waals surface area contributed by atoms with E-state index in [4.69, 9.17) is 10.00 Å². The highest BCUT2D eigenvalue weighted by Gasteiger charge is 2.16. The van der Waals surface area contributed by atoms with Crippen molar-refractivity contribution in [3.8, 4) is 22.5 Å². The molecule has 2 aromatic heterocycles. The molecule has 0 saturated carbocycles. The summed E-state index contributed by atoms with van der Waals surface area (Å²) in [6.45, 7) is 2.90. The summed E-state index contributed by atoms with van der Waals surface area (Å²) in [7, 11) is 1.66. The van der Waals surface area contributed by atoms with Crippen molar-refractivity contribution in [1.82, 2.24) is 9.55 Å². The molecule has 20 heavy (non-hydrogen) atoms. The van der Waals surface area contributed by atoms with Crippen molar-refractivity contribution in [2.45, 2.75) is 13.5 Å². The minimum Gasteiger partial charge on any atom is -0.495 e. The van der Waals surface area contributed by atoms with Crippen molar-refractivity contribution in [3.05, 3.63) is 35.2 Å². The summed E-state index contributed by atoms with van der Waals surface area (Å²) >= 11 is 1.61. The Morgan fingerprint density at radius 2 is 2.25 bits per heavy atom. The van der Waals surface area contributed by atoms with Crippen LogP contribution < -0.4 is 4.74 Å². The highest BCUT2D eigenvalue weighted by atomic mass is 32.1. The van der Waals surface area contributed by atoms with Crippen LogP contribution in [0.15, 0.2) is 29.6 Å². The molecule has 3 aromatic rings. The van der Waals surface area contributed by atoms with E-state index in [-0.39, 0.29) is 0 Å². The van der Waals surface area contributed by atoms with Gasteiger partial charge in [0.25, 0.3) is 0 Å². The Kier molecular flexibility index (Phi) is 3.17. The molecule has 1 aromatic carbocycles. The van der Waals surface area contributed by atoms with E-state index in [0.29, 0.717) is 5.56 Å². The lowest BCUT2D eigenvalue weighted by atomic mass is 10.2. The second kappa shape index (κ2) is 4.99. The molecule has 0 atom stereocenters. The number of rotatable bonds is 3. The number of nitriles is 1. The topological polar surface area (TPSA) is 50.8 Å². The van der Waals surface area contributed by atoms with Gasteiger partial charge < -0.3 is 9.30 Å². The van der Waals surface area contributed by atoms with Crippen LogP contribution in [0.4, 0.5) is 0 Å². The number of benzene rings is 1.